The molecule has 0 aliphatic heterocycles. The summed E-state index contributed by atoms with van der Waals surface area (Å²) in [5, 5.41) is 27.7. The van der Waals surface area contributed by atoms with E-state index in [-0.39, 0.29) is 23.3 Å². The van der Waals surface area contributed by atoms with Crippen LogP contribution in [0.3, 0.4) is 0 Å². The summed E-state index contributed by atoms with van der Waals surface area (Å²) in [4.78, 5) is 23.8. The van der Waals surface area contributed by atoms with E-state index in [9.17, 15) is 19.8 Å². The van der Waals surface area contributed by atoms with E-state index in [2.05, 4.69) is 84.8 Å². The van der Waals surface area contributed by atoms with Crippen molar-refractivity contribution in [2.45, 2.75) is 44.9 Å². The number of hydrazone groups is 2. The van der Waals surface area contributed by atoms with E-state index in [0.717, 1.165) is 41.0 Å². The highest BCUT2D eigenvalue weighted by atomic mass is 79.9. The fourth-order valence-corrected chi connectivity index (χ4v) is 5.45. The molecule has 8 nitrogen and oxygen atoms in total. The number of carbonyl (C=O) groups excluding carboxylic acids is 2. The van der Waals surface area contributed by atoms with E-state index in [1.807, 2.05) is 0 Å². The first-order chi connectivity index (χ1) is 16.7. The van der Waals surface area contributed by atoms with Gasteiger partial charge in [0.25, 0.3) is 0 Å². The fraction of sp³-hybridized carbons (Fsp3) is 0.304. The van der Waals surface area contributed by atoms with E-state index in [0.29, 0.717) is 32.9 Å². The highest BCUT2D eigenvalue weighted by Crippen LogP contribution is 2.31. The summed E-state index contributed by atoms with van der Waals surface area (Å²) >= 11 is 13.2. The molecule has 0 spiro atoms. The molecule has 2 aromatic carbocycles. The smallest absolute Gasteiger partial charge is 0.240 e. The maximum atomic E-state index is 11.9. The Morgan fingerprint density at radius 3 is 1.46 bits per heavy atom. The number of aromatic hydroxyl groups is 2. The molecule has 0 atom stereocenters. The summed E-state index contributed by atoms with van der Waals surface area (Å²) in [6.45, 7) is 0. The zero-order valence-electron chi connectivity index (χ0n) is 18.5. The fourth-order valence-electron chi connectivity index (χ4n) is 2.93. The molecule has 0 aliphatic carbocycles. The predicted molar refractivity (Wildman–Crippen MR) is 151 cm³/mol. The van der Waals surface area contributed by atoms with Gasteiger partial charge >= 0.3 is 0 Å². The van der Waals surface area contributed by atoms with Crippen LogP contribution in [0.4, 0.5) is 0 Å². The van der Waals surface area contributed by atoms with E-state index >= 15 is 0 Å². The molecule has 4 N–H and O–H groups in total. The molecule has 2 rings (SSSR count). The van der Waals surface area contributed by atoms with Crippen molar-refractivity contribution in [1.82, 2.24) is 10.9 Å². The number of nitrogens with one attached hydrogen (secondary N) is 2. The van der Waals surface area contributed by atoms with Gasteiger partial charge in [0.2, 0.25) is 11.8 Å². The summed E-state index contributed by atoms with van der Waals surface area (Å²) in [5.41, 5.74) is 5.86. The summed E-state index contributed by atoms with van der Waals surface area (Å²) in [5.74, 6) is -0.307. The van der Waals surface area contributed by atoms with E-state index < -0.39 is 0 Å². The molecule has 0 saturated heterocycles. The molecule has 2 aromatic rings. The van der Waals surface area contributed by atoms with Crippen molar-refractivity contribution >= 4 is 88.0 Å². The molecule has 0 fully saturated rings. The van der Waals surface area contributed by atoms with Crippen molar-refractivity contribution in [3.63, 3.8) is 0 Å². The number of hydrogen-bond acceptors (Lipinski definition) is 6. The van der Waals surface area contributed by atoms with Crippen molar-refractivity contribution in [3.05, 3.63) is 53.3 Å². The van der Waals surface area contributed by atoms with Crippen LogP contribution in [0.25, 0.3) is 0 Å². The number of phenolic OH excluding ortho intramolecular Hbond substituents is 2. The maximum Gasteiger partial charge on any atom is 0.240 e. The third-order valence-electron chi connectivity index (χ3n) is 4.71. The Balaban J connectivity index is 1.56. The third kappa shape index (κ3) is 10.8. The zero-order chi connectivity index (χ0) is 25.8. The number of carbonyl (C=O) groups is 2. The Morgan fingerprint density at radius 1 is 0.686 bits per heavy atom. The van der Waals surface area contributed by atoms with Gasteiger partial charge in [-0.3, -0.25) is 9.59 Å². The number of unbranched alkanes of at least 4 members (excludes halogenated alkanes) is 4. The lowest BCUT2D eigenvalue weighted by molar-refractivity contribution is -0.121. The molecule has 0 saturated carbocycles. The molecule has 0 aliphatic rings. The first kappa shape index (κ1) is 29.5. The largest absolute Gasteiger partial charge is 0.506 e. The highest BCUT2D eigenvalue weighted by molar-refractivity contribution is 9.11. The second kappa shape index (κ2) is 15.4. The van der Waals surface area contributed by atoms with Gasteiger partial charge in [0.05, 0.1) is 21.4 Å². The van der Waals surface area contributed by atoms with Crippen LogP contribution < -0.4 is 10.9 Å². The van der Waals surface area contributed by atoms with Gasteiger partial charge < -0.3 is 10.2 Å². The van der Waals surface area contributed by atoms with E-state index in [1.165, 1.54) is 12.4 Å². The summed E-state index contributed by atoms with van der Waals surface area (Å²) in [6, 6.07) is 6.80. The predicted octanol–water partition coefficient (Wildman–Crippen LogP) is 6.48. The molecule has 12 heteroatoms. The zero-order valence-corrected chi connectivity index (χ0v) is 24.9. The first-order valence-electron chi connectivity index (χ1n) is 10.7. The van der Waals surface area contributed by atoms with Gasteiger partial charge in [0, 0.05) is 32.9 Å². The van der Waals surface area contributed by atoms with Crippen LogP contribution in [-0.2, 0) is 9.59 Å². The second-order valence-electron chi connectivity index (χ2n) is 7.51. The Kier molecular flexibility index (Phi) is 12.9. The standard InChI is InChI=1S/C23H24Br4N4O4/c24-16-8-14(22(34)18(26)10-16)12-28-30-20(32)6-4-2-1-3-5-7-21(33)31-29-13-15-9-17(25)11-19(27)23(15)35/h8-13,34-35H,1-7H2,(H,30,32)(H,31,33)/b28-12-,29-13-. The first-order valence-corrected chi connectivity index (χ1v) is 13.8. The quantitative estimate of drug-likeness (QED) is 0.113. The lowest BCUT2D eigenvalue weighted by Crippen LogP contribution is -2.17. The van der Waals surface area contributed by atoms with Gasteiger partial charge in [-0.15, -0.1) is 0 Å². The Bertz CT molecular complexity index is 1020. The lowest BCUT2D eigenvalue weighted by Gasteiger charge is -2.04. The molecular formula is C23H24Br4N4O4. The molecule has 2 amide bonds. The van der Waals surface area contributed by atoms with Crippen LogP contribution in [0, 0.1) is 0 Å². The van der Waals surface area contributed by atoms with Gasteiger partial charge in [0.1, 0.15) is 11.5 Å². The summed E-state index contributed by atoms with van der Waals surface area (Å²) in [7, 11) is 0. The molecule has 0 aromatic heterocycles. The Morgan fingerprint density at radius 2 is 1.06 bits per heavy atom. The minimum Gasteiger partial charge on any atom is -0.506 e. The van der Waals surface area contributed by atoms with Crippen LogP contribution in [0.1, 0.15) is 56.1 Å². The molecule has 35 heavy (non-hydrogen) atoms. The van der Waals surface area contributed by atoms with Gasteiger partial charge in [0.15, 0.2) is 0 Å². The number of nitrogens with zero attached hydrogens (tertiary/aromatic N) is 2. The number of rotatable bonds is 12. The van der Waals surface area contributed by atoms with Gasteiger partial charge in [-0.25, -0.2) is 10.9 Å². The van der Waals surface area contributed by atoms with Crippen LogP contribution >= 0.6 is 63.7 Å². The minimum absolute atomic E-state index is 0.0451. The number of hydrogen-bond donors (Lipinski definition) is 4. The van der Waals surface area contributed by atoms with Crippen LogP contribution in [0.2, 0.25) is 0 Å². The third-order valence-corrected chi connectivity index (χ3v) is 6.83. The Labute approximate surface area is 237 Å². The molecule has 0 heterocycles. The number of halogens is 4. The Hall–Kier alpha value is -1.76. The van der Waals surface area contributed by atoms with Crippen molar-refractivity contribution in [2.24, 2.45) is 10.2 Å². The van der Waals surface area contributed by atoms with Gasteiger partial charge in [-0.2, -0.15) is 10.2 Å². The average Bonchev–Trinajstić information content (AvgIpc) is 2.79. The monoisotopic (exact) mass is 736 g/mol. The topological polar surface area (TPSA) is 123 Å². The molecular weight excluding hydrogens is 716 g/mol. The average molecular weight is 740 g/mol. The van der Waals surface area contributed by atoms with Crippen molar-refractivity contribution in [1.29, 1.82) is 0 Å². The summed E-state index contributed by atoms with van der Waals surface area (Å²) in [6.07, 6.45) is 7.55. The van der Waals surface area contributed by atoms with Crippen molar-refractivity contribution in [2.75, 3.05) is 0 Å². The molecule has 0 unspecified atom stereocenters. The van der Waals surface area contributed by atoms with E-state index in [1.54, 1.807) is 24.3 Å². The number of phenols is 2. The van der Waals surface area contributed by atoms with Gasteiger partial charge in [-0.05, 0) is 69.0 Å². The molecule has 0 bridgehead atoms. The SMILES string of the molecule is O=C(CCCCCCCC(=O)N/N=C\c1cc(Br)cc(Br)c1O)N/N=C\c1cc(Br)cc(Br)c1O. The molecule has 0 radical (unpaired) electrons. The van der Waals surface area contributed by atoms with Crippen molar-refractivity contribution in [3.8, 4) is 11.5 Å². The van der Waals surface area contributed by atoms with Crippen LogP contribution in [-0.4, -0.2) is 34.5 Å². The van der Waals surface area contributed by atoms with Crippen LogP contribution in [0.5, 0.6) is 11.5 Å². The number of benzene rings is 2. The van der Waals surface area contributed by atoms with E-state index in [4.69, 9.17) is 0 Å². The van der Waals surface area contributed by atoms with Crippen LogP contribution in [0.15, 0.2) is 52.4 Å². The second-order valence-corrected chi connectivity index (χ2v) is 11.0. The normalized spacial score (nSPS) is 11.3. The maximum absolute atomic E-state index is 11.9. The number of amides is 2. The minimum atomic E-state index is -0.199. The van der Waals surface area contributed by atoms with Crippen molar-refractivity contribution < 1.29 is 19.8 Å². The highest BCUT2D eigenvalue weighted by Gasteiger charge is 2.07. The lowest BCUT2D eigenvalue weighted by atomic mass is 10.1. The van der Waals surface area contributed by atoms with Gasteiger partial charge in [-0.1, -0.05) is 51.1 Å². The molecule has 188 valence electrons. The summed E-state index contributed by atoms with van der Waals surface area (Å²) < 4.78 is 2.60.